The van der Waals surface area contributed by atoms with Crippen molar-refractivity contribution in [3.63, 3.8) is 0 Å². The third kappa shape index (κ3) is 3.61. The smallest absolute Gasteiger partial charge is 0.155 e. The lowest BCUT2D eigenvalue weighted by Gasteiger charge is -2.30. The number of aromatic nitrogens is 8. The molecule has 0 unspecified atom stereocenters. The maximum Gasteiger partial charge on any atom is 0.155 e. The molecule has 0 N–H and O–H groups in total. The van der Waals surface area contributed by atoms with E-state index in [-0.39, 0.29) is 17.5 Å². The minimum Gasteiger partial charge on any atom is -0.346 e. The second-order valence-corrected chi connectivity index (χ2v) is 9.96. The van der Waals surface area contributed by atoms with Gasteiger partial charge in [0, 0.05) is 38.7 Å². The first-order chi connectivity index (χ1) is 15.3. The fourth-order valence-corrected chi connectivity index (χ4v) is 4.86. The first-order valence-corrected chi connectivity index (χ1v) is 11.4. The molecule has 10 heteroatoms. The fourth-order valence-electron chi connectivity index (χ4n) is 4.86. The summed E-state index contributed by atoms with van der Waals surface area (Å²) >= 11 is 0. The Balaban J connectivity index is 1.57. The van der Waals surface area contributed by atoms with Crippen LogP contribution in [-0.4, -0.2) is 52.6 Å². The van der Waals surface area contributed by atoms with Gasteiger partial charge in [0.15, 0.2) is 11.6 Å². The molecule has 32 heavy (non-hydrogen) atoms. The number of rotatable bonds is 4. The van der Waals surface area contributed by atoms with E-state index >= 15 is 0 Å². The lowest BCUT2D eigenvalue weighted by molar-refractivity contribution is 0.538. The molecule has 0 radical (unpaired) electrons. The second kappa shape index (κ2) is 7.83. The third-order valence-corrected chi connectivity index (χ3v) is 6.55. The third-order valence-electron chi connectivity index (χ3n) is 6.55. The molecule has 0 amide bonds. The average Bonchev–Trinajstić information content (AvgIpc) is 3.53. The minimum absolute atomic E-state index is 0.162. The van der Waals surface area contributed by atoms with Gasteiger partial charge in [0.25, 0.3) is 0 Å². The Hall–Kier alpha value is -3.04. The summed E-state index contributed by atoms with van der Waals surface area (Å²) in [5.41, 5.74) is -0.162. The van der Waals surface area contributed by atoms with Crippen LogP contribution < -0.4 is 9.80 Å². The quantitative estimate of drug-likeness (QED) is 0.616. The Morgan fingerprint density at radius 3 is 1.62 bits per heavy atom. The minimum atomic E-state index is -0.162. The number of nitrogens with zero attached hydrogens (tertiary/aromatic N) is 10. The van der Waals surface area contributed by atoms with E-state index in [1.54, 1.807) is 12.7 Å². The van der Waals surface area contributed by atoms with Gasteiger partial charge >= 0.3 is 0 Å². The van der Waals surface area contributed by atoms with Gasteiger partial charge in [-0.15, -0.1) is 20.4 Å². The van der Waals surface area contributed by atoms with Crippen molar-refractivity contribution in [3.8, 4) is 0 Å². The molecule has 3 aromatic heterocycles. The Morgan fingerprint density at radius 1 is 0.781 bits per heavy atom. The van der Waals surface area contributed by atoms with E-state index < -0.39 is 0 Å². The van der Waals surface area contributed by atoms with Gasteiger partial charge in [0.05, 0.1) is 12.1 Å². The number of hydrogen-bond acceptors (Lipinski definition) is 8. The summed E-state index contributed by atoms with van der Waals surface area (Å²) in [5.74, 6) is 4.76. The van der Waals surface area contributed by atoms with Crippen LogP contribution in [0.1, 0.15) is 76.0 Å². The van der Waals surface area contributed by atoms with Crippen molar-refractivity contribution in [2.75, 3.05) is 22.9 Å². The molecule has 0 aliphatic carbocycles. The highest BCUT2D eigenvalue weighted by atomic mass is 15.3. The molecule has 170 valence electrons. The predicted octanol–water partition coefficient (Wildman–Crippen LogP) is 2.71. The van der Waals surface area contributed by atoms with Crippen LogP contribution in [0.3, 0.4) is 0 Å². The van der Waals surface area contributed by atoms with Crippen molar-refractivity contribution < 1.29 is 0 Å². The Bertz CT molecular complexity index is 1020. The van der Waals surface area contributed by atoms with Gasteiger partial charge in [-0.05, 0) is 25.7 Å². The molecular weight excluding hydrogens is 404 g/mol. The van der Waals surface area contributed by atoms with E-state index in [2.05, 4.69) is 57.0 Å². The van der Waals surface area contributed by atoms with E-state index in [0.29, 0.717) is 0 Å². The zero-order chi connectivity index (χ0) is 22.5. The van der Waals surface area contributed by atoms with Gasteiger partial charge in [-0.2, -0.15) is 0 Å². The van der Waals surface area contributed by atoms with Crippen LogP contribution in [0.2, 0.25) is 0 Å². The van der Waals surface area contributed by atoms with Crippen molar-refractivity contribution in [3.05, 3.63) is 36.2 Å². The molecule has 2 atom stereocenters. The molecule has 3 aromatic rings. The largest absolute Gasteiger partial charge is 0.346 e. The molecule has 2 fully saturated rings. The average molecular weight is 437 g/mol. The van der Waals surface area contributed by atoms with Gasteiger partial charge in [0.2, 0.25) is 0 Å². The predicted molar refractivity (Wildman–Crippen MR) is 121 cm³/mol. The zero-order valence-corrected chi connectivity index (χ0v) is 19.6. The van der Waals surface area contributed by atoms with Crippen molar-refractivity contribution >= 4 is 11.6 Å². The topological polar surface area (TPSA) is 93.7 Å². The SMILES string of the molecule is Cn1cnnc1[C@H]1CCCN1c1cc(N2CCC[C@H]2c2nncn2C)nc(C(C)(C)C)n1. The normalized spacial score (nSPS) is 21.7. The van der Waals surface area contributed by atoms with Crippen LogP contribution >= 0.6 is 0 Å². The molecule has 0 bridgehead atoms. The van der Waals surface area contributed by atoms with Gasteiger partial charge in [-0.1, -0.05) is 20.8 Å². The monoisotopic (exact) mass is 436 g/mol. The van der Waals surface area contributed by atoms with E-state index in [4.69, 9.17) is 9.97 Å². The van der Waals surface area contributed by atoms with Gasteiger partial charge in [0.1, 0.15) is 30.1 Å². The Kier molecular flexibility index (Phi) is 5.10. The summed E-state index contributed by atoms with van der Waals surface area (Å²) in [6.07, 6.45) is 7.84. The summed E-state index contributed by atoms with van der Waals surface area (Å²) < 4.78 is 4.03. The van der Waals surface area contributed by atoms with Crippen LogP contribution in [-0.2, 0) is 19.5 Å². The first kappa shape index (κ1) is 20.8. The molecule has 0 aromatic carbocycles. The molecule has 5 heterocycles. The van der Waals surface area contributed by atoms with E-state index in [1.807, 2.05) is 23.2 Å². The summed E-state index contributed by atoms with van der Waals surface area (Å²) in [6, 6.07) is 2.50. The highest BCUT2D eigenvalue weighted by molar-refractivity contribution is 5.54. The summed E-state index contributed by atoms with van der Waals surface area (Å²) in [4.78, 5) is 14.8. The van der Waals surface area contributed by atoms with E-state index in [9.17, 15) is 0 Å². The van der Waals surface area contributed by atoms with Crippen molar-refractivity contribution in [1.82, 2.24) is 39.5 Å². The Morgan fingerprint density at radius 2 is 1.25 bits per heavy atom. The highest BCUT2D eigenvalue weighted by Gasteiger charge is 2.35. The van der Waals surface area contributed by atoms with Crippen molar-refractivity contribution in [1.29, 1.82) is 0 Å². The molecule has 2 saturated heterocycles. The number of hydrogen-bond donors (Lipinski definition) is 0. The molecule has 2 aliphatic heterocycles. The van der Waals surface area contributed by atoms with E-state index in [1.165, 1.54) is 0 Å². The summed E-state index contributed by atoms with van der Waals surface area (Å²) in [7, 11) is 4.01. The molecule has 0 saturated carbocycles. The highest BCUT2D eigenvalue weighted by Crippen LogP contribution is 2.39. The van der Waals surface area contributed by atoms with Crippen LogP contribution in [0.4, 0.5) is 11.6 Å². The second-order valence-electron chi connectivity index (χ2n) is 9.96. The molecule has 2 aliphatic rings. The van der Waals surface area contributed by atoms with Crippen LogP contribution in [0.5, 0.6) is 0 Å². The van der Waals surface area contributed by atoms with Crippen LogP contribution in [0.15, 0.2) is 18.7 Å². The number of aryl methyl sites for hydroxylation is 2. The lowest BCUT2D eigenvalue weighted by Crippen LogP contribution is -2.30. The maximum absolute atomic E-state index is 5.05. The summed E-state index contributed by atoms with van der Waals surface area (Å²) in [5, 5.41) is 17.0. The zero-order valence-electron chi connectivity index (χ0n) is 19.6. The number of anilines is 2. The van der Waals surface area contributed by atoms with Crippen molar-refractivity contribution in [2.45, 2.75) is 64.0 Å². The molecular formula is C22H32N10. The van der Waals surface area contributed by atoms with Gasteiger partial charge in [-0.3, -0.25) is 0 Å². The van der Waals surface area contributed by atoms with Gasteiger partial charge in [-0.25, -0.2) is 9.97 Å². The Labute approximate surface area is 188 Å². The van der Waals surface area contributed by atoms with E-state index in [0.717, 1.165) is 67.9 Å². The fraction of sp³-hybridized carbons (Fsp3) is 0.636. The standard InChI is InChI=1S/C22H32N10/c1-22(2,3)21-25-17(31-10-6-8-15(31)19-27-23-13-29(19)4)12-18(26-21)32-11-7-9-16(32)20-28-24-14-30(20)5/h12-16H,6-11H2,1-5H3/t15-,16+. The molecule has 10 nitrogen and oxygen atoms in total. The molecule has 0 spiro atoms. The molecule has 5 rings (SSSR count). The van der Waals surface area contributed by atoms with Crippen LogP contribution in [0.25, 0.3) is 0 Å². The summed E-state index contributed by atoms with van der Waals surface area (Å²) in [6.45, 7) is 8.41. The van der Waals surface area contributed by atoms with Crippen LogP contribution in [0, 0.1) is 0 Å². The lowest BCUT2D eigenvalue weighted by atomic mass is 9.95. The van der Waals surface area contributed by atoms with Crippen molar-refractivity contribution in [2.24, 2.45) is 14.1 Å². The van der Waals surface area contributed by atoms with Gasteiger partial charge < -0.3 is 18.9 Å². The first-order valence-electron chi connectivity index (χ1n) is 11.4. The maximum atomic E-state index is 5.05.